The lowest BCUT2D eigenvalue weighted by Crippen LogP contribution is -2.44. The fourth-order valence-corrected chi connectivity index (χ4v) is 3.91. The van der Waals surface area contributed by atoms with E-state index < -0.39 is 5.97 Å². The van der Waals surface area contributed by atoms with Gasteiger partial charge in [-0.2, -0.15) is 0 Å². The van der Waals surface area contributed by atoms with E-state index in [2.05, 4.69) is 5.32 Å². The van der Waals surface area contributed by atoms with E-state index in [0.29, 0.717) is 18.0 Å². The van der Waals surface area contributed by atoms with Gasteiger partial charge in [-0.25, -0.2) is 0 Å². The lowest BCUT2D eigenvalue weighted by atomic mass is 9.96. The van der Waals surface area contributed by atoms with Crippen LogP contribution in [0.1, 0.15) is 31.2 Å². The van der Waals surface area contributed by atoms with Crippen LogP contribution in [0, 0.1) is 11.8 Å². The number of benzene rings is 1. The average Bonchev–Trinajstić information content (AvgIpc) is 3.46. The Morgan fingerprint density at radius 3 is 2.73 bits per heavy atom. The first-order chi connectivity index (χ1) is 12.5. The van der Waals surface area contributed by atoms with E-state index in [1.165, 1.54) is 11.8 Å². The number of nitrogens with zero attached hydrogens (tertiary/aromatic N) is 1. The first-order valence-electron chi connectivity index (χ1n) is 9.01. The number of anilines is 1. The van der Waals surface area contributed by atoms with Gasteiger partial charge in [0, 0.05) is 30.4 Å². The number of carbonyl (C=O) groups is 3. The van der Waals surface area contributed by atoms with Crippen LogP contribution in [0.5, 0.6) is 0 Å². The Kier molecular flexibility index (Phi) is 6.19. The second-order valence-electron chi connectivity index (χ2n) is 6.97. The summed E-state index contributed by atoms with van der Waals surface area (Å²) in [5.74, 6) is -0.00368. The van der Waals surface area contributed by atoms with Gasteiger partial charge in [-0.1, -0.05) is 12.1 Å². The number of amides is 2. The molecule has 1 atom stereocenters. The molecule has 1 aromatic carbocycles. The molecule has 0 spiro atoms. The van der Waals surface area contributed by atoms with E-state index in [0.717, 1.165) is 37.8 Å². The first-order valence-corrected chi connectivity index (χ1v) is 10.2. The van der Waals surface area contributed by atoms with Crippen molar-refractivity contribution in [2.24, 2.45) is 11.8 Å². The van der Waals surface area contributed by atoms with Crippen LogP contribution in [0.3, 0.4) is 0 Å². The summed E-state index contributed by atoms with van der Waals surface area (Å²) in [6, 6.07) is 7.49. The third-order valence-corrected chi connectivity index (χ3v) is 5.71. The molecular formula is C19H24N2O4S. The number of hydrogen-bond donors (Lipinski definition) is 2. The molecule has 1 aliphatic carbocycles. The maximum atomic E-state index is 12.6. The number of hydrogen-bond acceptors (Lipinski definition) is 4. The lowest BCUT2D eigenvalue weighted by molar-refractivity contribution is -0.136. The molecule has 1 aliphatic heterocycles. The molecule has 1 unspecified atom stereocenters. The highest BCUT2D eigenvalue weighted by atomic mass is 32.2. The number of piperidine rings is 1. The van der Waals surface area contributed by atoms with Crippen LogP contribution in [0.25, 0.3) is 0 Å². The molecule has 26 heavy (non-hydrogen) atoms. The van der Waals surface area contributed by atoms with Gasteiger partial charge in [0.2, 0.25) is 11.8 Å². The standard InChI is InChI=1S/C19H24N2O4S/c22-17(23)12-26-11-13-3-1-5-16(9-13)20-18(24)15-4-2-8-21(10-15)19(25)14-6-7-14/h1,3,5,9,14-15H,2,4,6-8,10-12H2,(H,20,24)(H,22,23). The largest absolute Gasteiger partial charge is 0.481 e. The molecule has 2 fully saturated rings. The highest BCUT2D eigenvalue weighted by molar-refractivity contribution is 7.99. The van der Waals surface area contributed by atoms with E-state index in [4.69, 9.17) is 5.11 Å². The number of thioether (sulfide) groups is 1. The highest BCUT2D eigenvalue weighted by Gasteiger charge is 2.36. The number of aliphatic carboxylic acids is 1. The van der Waals surface area contributed by atoms with Gasteiger partial charge in [-0.3, -0.25) is 14.4 Å². The van der Waals surface area contributed by atoms with Crippen molar-refractivity contribution in [3.05, 3.63) is 29.8 Å². The van der Waals surface area contributed by atoms with E-state index in [1.807, 2.05) is 29.2 Å². The first kappa shape index (κ1) is 18.8. The molecule has 1 saturated heterocycles. The molecule has 1 saturated carbocycles. The number of carboxylic acid groups (broad SMARTS) is 1. The van der Waals surface area contributed by atoms with Crippen molar-refractivity contribution < 1.29 is 19.5 Å². The van der Waals surface area contributed by atoms with Gasteiger partial charge in [-0.15, -0.1) is 11.8 Å². The van der Waals surface area contributed by atoms with E-state index in [-0.39, 0.29) is 29.4 Å². The van der Waals surface area contributed by atoms with Gasteiger partial charge >= 0.3 is 5.97 Å². The van der Waals surface area contributed by atoms with Crippen LogP contribution >= 0.6 is 11.8 Å². The molecule has 0 bridgehead atoms. The van der Waals surface area contributed by atoms with Crippen molar-refractivity contribution in [3.8, 4) is 0 Å². The fraction of sp³-hybridized carbons (Fsp3) is 0.526. The predicted octanol–water partition coefficient (Wildman–Crippen LogP) is 2.59. The van der Waals surface area contributed by atoms with Crippen molar-refractivity contribution in [1.29, 1.82) is 0 Å². The lowest BCUT2D eigenvalue weighted by Gasteiger charge is -2.32. The normalized spacial score (nSPS) is 19.8. The quantitative estimate of drug-likeness (QED) is 0.764. The maximum Gasteiger partial charge on any atom is 0.313 e. The summed E-state index contributed by atoms with van der Waals surface area (Å²) in [7, 11) is 0. The van der Waals surface area contributed by atoms with Crippen LogP contribution in [0.15, 0.2) is 24.3 Å². The molecule has 0 radical (unpaired) electrons. The summed E-state index contributed by atoms with van der Waals surface area (Å²) in [4.78, 5) is 37.3. The Balaban J connectivity index is 1.53. The van der Waals surface area contributed by atoms with Gasteiger partial charge in [0.25, 0.3) is 0 Å². The van der Waals surface area contributed by atoms with E-state index in [1.54, 1.807) is 0 Å². The molecule has 140 valence electrons. The minimum absolute atomic E-state index is 0.0476. The molecular weight excluding hydrogens is 352 g/mol. The predicted molar refractivity (Wildman–Crippen MR) is 101 cm³/mol. The number of carboxylic acids is 1. The second-order valence-corrected chi connectivity index (χ2v) is 7.96. The Morgan fingerprint density at radius 2 is 2.00 bits per heavy atom. The monoisotopic (exact) mass is 376 g/mol. The molecule has 1 aromatic rings. The van der Waals surface area contributed by atoms with Gasteiger partial charge in [0.05, 0.1) is 11.7 Å². The van der Waals surface area contributed by atoms with Crippen LogP contribution < -0.4 is 5.32 Å². The summed E-state index contributed by atoms with van der Waals surface area (Å²) in [5, 5.41) is 11.7. The van der Waals surface area contributed by atoms with Crippen LogP contribution in [-0.2, 0) is 20.1 Å². The van der Waals surface area contributed by atoms with Crippen LogP contribution in [0.2, 0.25) is 0 Å². The van der Waals surface area contributed by atoms with Crippen molar-refractivity contribution in [1.82, 2.24) is 4.90 Å². The molecule has 1 heterocycles. The van der Waals surface area contributed by atoms with Crippen LogP contribution in [-0.4, -0.2) is 46.6 Å². The Bertz CT molecular complexity index is 690. The zero-order valence-corrected chi connectivity index (χ0v) is 15.5. The Labute approximate surface area is 157 Å². The minimum Gasteiger partial charge on any atom is -0.481 e. The van der Waals surface area contributed by atoms with Crippen molar-refractivity contribution in [3.63, 3.8) is 0 Å². The summed E-state index contributed by atoms with van der Waals surface area (Å²) < 4.78 is 0. The van der Waals surface area contributed by atoms with E-state index in [9.17, 15) is 14.4 Å². The van der Waals surface area contributed by atoms with Crippen molar-refractivity contribution >= 4 is 35.2 Å². The molecule has 2 aliphatic rings. The van der Waals surface area contributed by atoms with Gasteiger partial charge < -0.3 is 15.3 Å². The number of rotatable bonds is 7. The number of nitrogens with one attached hydrogen (secondary N) is 1. The zero-order valence-electron chi connectivity index (χ0n) is 14.6. The molecule has 7 heteroatoms. The number of carbonyl (C=O) groups excluding carboxylic acids is 2. The molecule has 2 amide bonds. The smallest absolute Gasteiger partial charge is 0.313 e. The highest BCUT2D eigenvalue weighted by Crippen LogP contribution is 2.32. The Hall–Kier alpha value is -2.02. The second kappa shape index (κ2) is 8.58. The van der Waals surface area contributed by atoms with Gasteiger partial charge in [-0.05, 0) is 43.4 Å². The van der Waals surface area contributed by atoms with E-state index >= 15 is 0 Å². The van der Waals surface area contributed by atoms with Crippen LogP contribution in [0.4, 0.5) is 5.69 Å². The third kappa shape index (κ3) is 5.24. The van der Waals surface area contributed by atoms with Crippen molar-refractivity contribution in [2.75, 3.05) is 24.2 Å². The van der Waals surface area contributed by atoms with Gasteiger partial charge in [0.1, 0.15) is 0 Å². The van der Waals surface area contributed by atoms with Gasteiger partial charge in [0.15, 0.2) is 0 Å². The van der Waals surface area contributed by atoms with Crippen molar-refractivity contribution in [2.45, 2.75) is 31.4 Å². The molecule has 0 aromatic heterocycles. The molecule has 3 rings (SSSR count). The molecule has 2 N–H and O–H groups in total. The fourth-order valence-electron chi connectivity index (χ4n) is 3.22. The minimum atomic E-state index is -0.831. The SMILES string of the molecule is O=C(O)CSCc1cccc(NC(=O)C2CCCN(C(=O)C3CC3)C2)c1. The third-order valence-electron chi connectivity index (χ3n) is 4.72. The summed E-state index contributed by atoms with van der Waals surface area (Å²) >= 11 is 1.33. The number of likely N-dealkylation sites (tertiary alicyclic amines) is 1. The molecule has 6 nitrogen and oxygen atoms in total. The average molecular weight is 376 g/mol. The summed E-state index contributed by atoms with van der Waals surface area (Å²) in [6.45, 7) is 1.27. The topological polar surface area (TPSA) is 86.7 Å². The maximum absolute atomic E-state index is 12.6. The summed E-state index contributed by atoms with van der Waals surface area (Å²) in [6.07, 6.45) is 3.63. The Morgan fingerprint density at radius 1 is 1.19 bits per heavy atom. The summed E-state index contributed by atoms with van der Waals surface area (Å²) in [5.41, 5.74) is 1.69. The zero-order chi connectivity index (χ0) is 18.5.